The van der Waals surface area contributed by atoms with Gasteiger partial charge in [0.2, 0.25) is 11.7 Å². The Bertz CT molecular complexity index is 501. The molecule has 1 saturated carbocycles. The minimum Gasteiger partial charge on any atom is -0.378 e. The summed E-state index contributed by atoms with van der Waals surface area (Å²) in [6.07, 6.45) is 1.94. The van der Waals surface area contributed by atoms with Gasteiger partial charge in [0.25, 0.3) is 0 Å². The van der Waals surface area contributed by atoms with Gasteiger partial charge >= 0.3 is 5.69 Å². The third-order valence-corrected chi connectivity index (χ3v) is 2.78. The smallest absolute Gasteiger partial charge is 0.311 e. The Morgan fingerprint density at radius 3 is 2.79 bits per heavy atom. The average molecular weight is 265 g/mol. The van der Waals surface area contributed by atoms with Gasteiger partial charge in [0, 0.05) is 25.1 Å². The van der Waals surface area contributed by atoms with Crippen LogP contribution in [-0.2, 0) is 4.79 Å². The van der Waals surface area contributed by atoms with Gasteiger partial charge in [-0.25, -0.2) is 4.98 Å². The fourth-order valence-electron chi connectivity index (χ4n) is 1.59. The maximum Gasteiger partial charge on any atom is 0.311 e. The topological polar surface area (TPSA) is 123 Å². The zero-order valence-corrected chi connectivity index (χ0v) is 10.3. The molecule has 8 heteroatoms. The number of nitrogen functional groups attached to an aromatic ring is 1. The Balaban J connectivity index is 1.77. The van der Waals surface area contributed by atoms with Gasteiger partial charge in [-0.3, -0.25) is 14.9 Å². The van der Waals surface area contributed by atoms with Crippen molar-refractivity contribution in [3.63, 3.8) is 0 Å². The van der Waals surface area contributed by atoms with E-state index in [4.69, 9.17) is 5.73 Å². The molecule has 1 amide bonds. The summed E-state index contributed by atoms with van der Waals surface area (Å²) in [6.45, 7) is 0.969. The lowest BCUT2D eigenvalue weighted by Gasteiger charge is -2.07. The summed E-state index contributed by atoms with van der Waals surface area (Å²) in [5, 5.41) is 16.3. The molecule has 0 aromatic carbocycles. The van der Waals surface area contributed by atoms with Gasteiger partial charge in [-0.05, 0) is 18.9 Å². The molecule has 1 fully saturated rings. The zero-order valence-electron chi connectivity index (χ0n) is 10.3. The maximum atomic E-state index is 11.3. The van der Waals surface area contributed by atoms with Gasteiger partial charge in [0.15, 0.2) is 0 Å². The SMILES string of the molecule is Nc1nc(NCCNC(=O)C2CC2)ccc1[N+](=O)[O-]. The molecule has 1 heterocycles. The monoisotopic (exact) mass is 265 g/mol. The van der Waals surface area contributed by atoms with E-state index in [2.05, 4.69) is 15.6 Å². The number of nitrogens with zero attached hydrogens (tertiary/aromatic N) is 2. The molecule has 0 radical (unpaired) electrons. The first-order valence-corrected chi connectivity index (χ1v) is 6.00. The lowest BCUT2D eigenvalue weighted by molar-refractivity contribution is -0.384. The van der Waals surface area contributed by atoms with Crippen LogP contribution in [0.4, 0.5) is 17.3 Å². The molecule has 2 rings (SSSR count). The van der Waals surface area contributed by atoms with E-state index in [1.165, 1.54) is 12.1 Å². The lowest BCUT2D eigenvalue weighted by atomic mass is 10.3. The lowest BCUT2D eigenvalue weighted by Crippen LogP contribution is -2.29. The maximum absolute atomic E-state index is 11.3. The first-order chi connectivity index (χ1) is 9.08. The number of aromatic nitrogens is 1. The predicted molar refractivity (Wildman–Crippen MR) is 69.5 cm³/mol. The van der Waals surface area contributed by atoms with Gasteiger partial charge in [-0.15, -0.1) is 0 Å². The van der Waals surface area contributed by atoms with E-state index in [1.807, 2.05) is 0 Å². The molecule has 0 atom stereocenters. The number of carbonyl (C=O) groups excluding carboxylic acids is 1. The van der Waals surface area contributed by atoms with E-state index in [1.54, 1.807) is 0 Å². The molecule has 0 bridgehead atoms. The molecule has 4 N–H and O–H groups in total. The summed E-state index contributed by atoms with van der Waals surface area (Å²) >= 11 is 0. The molecule has 102 valence electrons. The van der Waals surface area contributed by atoms with Crippen molar-refractivity contribution in [2.75, 3.05) is 24.1 Å². The Morgan fingerprint density at radius 1 is 1.47 bits per heavy atom. The van der Waals surface area contributed by atoms with Crippen LogP contribution in [0.1, 0.15) is 12.8 Å². The van der Waals surface area contributed by atoms with E-state index in [9.17, 15) is 14.9 Å². The predicted octanol–water partition coefficient (Wildman–Crippen LogP) is 0.510. The van der Waals surface area contributed by atoms with Crippen LogP contribution >= 0.6 is 0 Å². The van der Waals surface area contributed by atoms with Crippen LogP contribution in [0.25, 0.3) is 0 Å². The minimum atomic E-state index is -0.581. The fraction of sp³-hybridized carbons (Fsp3) is 0.455. The van der Waals surface area contributed by atoms with E-state index in [0.29, 0.717) is 18.9 Å². The van der Waals surface area contributed by atoms with Gasteiger partial charge < -0.3 is 16.4 Å². The van der Waals surface area contributed by atoms with Crippen LogP contribution in [0.15, 0.2) is 12.1 Å². The second-order valence-corrected chi connectivity index (χ2v) is 4.35. The molecule has 19 heavy (non-hydrogen) atoms. The fourth-order valence-corrected chi connectivity index (χ4v) is 1.59. The molecular formula is C11H15N5O3. The van der Waals surface area contributed by atoms with Crippen LogP contribution in [0.3, 0.4) is 0 Å². The summed E-state index contributed by atoms with van der Waals surface area (Å²) in [5.41, 5.74) is 5.25. The molecule has 0 aliphatic heterocycles. The van der Waals surface area contributed by atoms with Crippen LogP contribution in [-0.4, -0.2) is 28.9 Å². The highest BCUT2D eigenvalue weighted by Gasteiger charge is 2.28. The van der Waals surface area contributed by atoms with Crippen LogP contribution in [0, 0.1) is 16.0 Å². The molecule has 0 saturated heterocycles. The van der Waals surface area contributed by atoms with Crippen molar-refractivity contribution in [2.24, 2.45) is 5.92 Å². The third kappa shape index (κ3) is 3.54. The summed E-state index contributed by atoms with van der Waals surface area (Å²) in [7, 11) is 0. The number of amides is 1. The number of rotatable bonds is 6. The Morgan fingerprint density at radius 2 is 2.21 bits per heavy atom. The first-order valence-electron chi connectivity index (χ1n) is 6.00. The van der Waals surface area contributed by atoms with Crippen molar-refractivity contribution in [1.82, 2.24) is 10.3 Å². The van der Waals surface area contributed by atoms with Crippen molar-refractivity contribution in [1.29, 1.82) is 0 Å². The standard InChI is InChI=1S/C11H15N5O3/c12-10-8(16(18)19)3-4-9(15-10)13-5-6-14-11(17)7-1-2-7/h3-4,7H,1-2,5-6H2,(H,14,17)(H3,12,13,15). The first kappa shape index (κ1) is 13.1. The number of nitro groups is 1. The van der Waals surface area contributed by atoms with E-state index in [-0.39, 0.29) is 23.3 Å². The second-order valence-electron chi connectivity index (χ2n) is 4.35. The third-order valence-electron chi connectivity index (χ3n) is 2.78. The summed E-state index contributed by atoms with van der Waals surface area (Å²) in [5.74, 6) is 0.590. The van der Waals surface area contributed by atoms with Crippen molar-refractivity contribution in [2.45, 2.75) is 12.8 Å². The molecule has 0 spiro atoms. The summed E-state index contributed by atoms with van der Waals surface area (Å²) in [6, 6.07) is 2.78. The van der Waals surface area contributed by atoms with Gasteiger partial charge in [-0.1, -0.05) is 0 Å². The molecule has 1 aliphatic rings. The normalized spacial score (nSPS) is 13.9. The highest BCUT2D eigenvalue weighted by molar-refractivity contribution is 5.80. The second kappa shape index (κ2) is 5.51. The van der Waals surface area contributed by atoms with Crippen molar-refractivity contribution >= 4 is 23.2 Å². The Labute approximate surface area is 109 Å². The molecule has 1 aromatic heterocycles. The van der Waals surface area contributed by atoms with Gasteiger partial charge in [0.05, 0.1) is 4.92 Å². The number of pyridine rings is 1. The Hall–Kier alpha value is -2.38. The highest BCUT2D eigenvalue weighted by Crippen LogP contribution is 2.28. The number of carbonyl (C=O) groups is 1. The number of hydrogen-bond acceptors (Lipinski definition) is 6. The molecule has 0 unspecified atom stereocenters. The largest absolute Gasteiger partial charge is 0.378 e. The number of nitrogens with one attached hydrogen (secondary N) is 2. The van der Waals surface area contributed by atoms with Crippen LogP contribution < -0.4 is 16.4 Å². The minimum absolute atomic E-state index is 0.0815. The van der Waals surface area contributed by atoms with Crippen molar-refractivity contribution in [3.05, 3.63) is 22.2 Å². The summed E-state index contributed by atoms with van der Waals surface area (Å²) in [4.78, 5) is 25.2. The van der Waals surface area contributed by atoms with Crippen LogP contribution in [0.5, 0.6) is 0 Å². The number of anilines is 2. The summed E-state index contributed by atoms with van der Waals surface area (Å²) < 4.78 is 0. The zero-order chi connectivity index (χ0) is 13.8. The number of nitrogens with two attached hydrogens (primary N) is 1. The average Bonchev–Trinajstić information content (AvgIpc) is 3.18. The van der Waals surface area contributed by atoms with Gasteiger partial charge in [-0.2, -0.15) is 0 Å². The van der Waals surface area contributed by atoms with E-state index in [0.717, 1.165) is 12.8 Å². The highest BCUT2D eigenvalue weighted by atomic mass is 16.6. The van der Waals surface area contributed by atoms with E-state index >= 15 is 0 Å². The quantitative estimate of drug-likeness (QED) is 0.391. The van der Waals surface area contributed by atoms with Crippen molar-refractivity contribution < 1.29 is 9.72 Å². The number of hydrogen-bond donors (Lipinski definition) is 3. The van der Waals surface area contributed by atoms with Crippen LogP contribution in [0.2, 0.25) is 0 Å². The molecule has 1 aliphatic carbocycles. The molecule has 1 aromatic rings. The molecule has 8 nitrogen and oxygen atoms in total. The van der Waals surface area contributed by atoms with E-state index < -0.39 is 4.92 Å². The Kier molecular flexibility index (Phi) is 3.79. The van der Waals surface area contributed by atoms with Crippen molar-refractivity contribution in [3.8, 4) is 0 Å². The van der Waals surface area contributed by atoms with Gasteiger partial charge in [0.1, 0.15) is 5.82 Å². The molecular weight excluding hydrogens is 250 g/mol.